The smallest absolute Gasteiger partial charge is 0.228 e. The highest BCUT2D eigenvalue weighted by molar-refractivity contribution is 14.1. The van der Waals surface area contributed by atoms with Gasteiger partial charge in [-0.05, 0) is 47.6 Å². The van der Waals surface area contributed by atoms with Gasteiger partial charge in [0.05, 0.1) is 0 Å². The first-order chi connectivity index (χ1) is 6.25. The summed E-state index contributed by atoms with van der Waals surface area (Å²) in [5.41, 5.74) is 0. The standard InChI is InChI=1S/C9H9IN2O/c10-7-3-4-11-8(5-7)12-9(13)6-1-2-6/h3-6H,1-2H2,(H,11,12,13). The van der Waals surface area contributed by atoms with Crippen LogP contribution in [0.15, 0.2) is 18.3 Å². The highest BCUT2D eigenvalue weighted by Gasteiger charge is 2.29. The molecule has 0 spiro atoms. The van der Waals surface area contributed by atoms with Gasteiger partial charge in [0.15, 0.2) is 0 Å². The SMILES string of the molecule is O=C(Nc1cc(I)ccn1)C1CC1. The first-order valence-corrected chi connectivity index (χ1v) is 5.26. The Bertz CT molecular complexity index is 336. The minimum atomic E-state index is 0.106. The molecule has 1 heterocycles. The Morgan fingerprint density at radius 3 is 3.00 bits per heavy atom. The number of rotatable bonds is 2. The van der Waals surface area contributed by atoms with Crippen molar-refractivity contribution in [3.63, 3.8) is 0 Å². The lowest BCUT2D eigenvalue weighted by molar-refractivity contribution is -0.117. The maximum Gasteiger partial charge on any atom is 0.228 e. The molecule has 1 aliphatic carbocycles. The van der Waals surface area contributed by atoms with Crippen LogP contribution >= 0.6 is 22.6 Å². The van der Waals surface area contributed by atoms with Crippen molar-refractivity contribution < 1.29 is 4.79 Å². The molecule has 0 radical (unpaired) electrons. The number of carbonyl (C=O) groups excluding carboxylic acids is 1. The molecular formula is C9H9IN2O. The van der Waals surface area contributed by atoms with E-state index in [2.05, 4.69) is 32.9 Å². The predicted molar refractivity (Wildman–Crippen MR) is 58.3 cm³/mol. The van der Waals surface area contributed by atoms with Gasteiger partial charge in [-0.1, -0.05) is 0 Å². The van der Waals surface area contributed by atoms with Gasteiger partial charge in [0.1, 0.15) is 5.82 Å². The Hall–Kier alpha value is -0.650. The van der Waals surface area contributed by atoms with Crippen LogP contribution in [0.5, 0.6) is 0 Å². The molecule has 1 aliphatic rings. The lowest BCUT2D eigenvalue weighted by atomic mass is 10.4. The fourth-order valence-electron chi connectivity index (χ4n) is 1.05. The Morgan fingerprint density at radius 1 is 1.62 bits per heavy atom. The largest absolute Gasteiger partial charge is 0.310 e. The molecule has 0 bridgehead atoms. The van der Waals surface area contributed by atoms with Crippen LogP contribution in [0, 0.1) is 9.49 Å². The summed E-state index contributed by atoms with van der Waals surface area (Å²) in [5.74, 6) is 0.998. The molecule has 2 rings (SSSR count). The summed E-state index contributed by atoms with van der Waals surface area (Å²) >= 11 is 2.19. The average molecular weight is 288 g/mol. The zero-order chi connectivity index (χ0) is 9.26. The topological polar surface area (TPSA) is 42.0 Å². The lowest BCUT2D eigenvalue weighted by Gasteiger charge is -2.02. The molecule has 0 saturated heterocycles. The van der Waals surface area contributed by atoms with E-state index in [0.29, 0.717) is 5.82 Å². The minimum Gasteiger partial charge on any atom is -0.310 e. The van der Waals surface area contributed by atoms with Gasteiger partial charge < -0.3 is 5.32 Å². The third-order valence-corrected chi connectivity index (χ3v) is 2.59. The maximum atomic E-state index is 11.3. The van der Waals surface area contributed by atoms with E-state index in [1.54, 1.807) is 6.20 Å². The van der Waals surface area contributed by atoms with Crippen LogP contribution in [-0.2, 0) is 4.79 Å². The second-order valence-corrected chi connectivity index (χ2v) is 4.37. The van der Waals surface area contributed by atoms with E-state index in [1.807, 2.05) is 12.1 Å². The van der Waals surface area contributed by atoms with E-state index in [1.165, 1.54) is 0 Å². The number of amides is 1. The maximum absolute atomic E-state index is 11.3. The fourth-order valence-corrected chi connectivity index (χ4v) is 1.50. The van der Waals surface area contributed by atoms with Gasteiger partial charge in [-0.3, -0.25) is 4.79 Å². The van der Waals surface area contributed by atoms with Crippen molar-refractivity contribution in [1.29, 1.82) is 0 Å². The van der Waals surface area contributed by atoms with Gasteiger partial charge in [-0.15, -0.1) is 0 Å². The number of hydrogen-bond acceptors (Lipinski definition) is 2. The molecule has 68 valence electrons. The Labute approximate surface area is 90.1 Å². The highest BCUT2D eigenvalue weighted by Crippen LogP contribution is 2.29. The van der Waals surface area contributed by atoms with Crippen molar-refractivity contribution in [3.05, 3.63) is 21.9 Å². The molecule has 1 saturated carbocycles. The van der Waals surface area contributed by atoms with E-state index in [-0.39, 0.29) is 11.8 Å². The third kappa shape index (κ3) is 2.40. The fraction of sp³-hybridized carbons (Fsp3) is 0.333. The van der Waals surface area contributed by atoms with Gasteiger partial charge >= 0.3 is 0 Å². The van der Waals surface area contributed by atoms with E-state index >= 15 is 0 Å². The molecule has 3 nitrogen and oxygen atoms in total. The third-order valence-electron chi connectivity index (χ3n) is 1.92. The molecule has 4 heteroatoms. The molecule has 0 aliphatic heterocycles. The predicted octanol–water partition coefficient (Wildman–Crippen LogP) is 2.03. The number of aromatic nitrogens is 1. The molecule has 13 heavy (non-hydrogen) atoms. The molecule has 0 unspecified atom stereocenters. The Kier molecular flexibility index (Phi) is 2.48. The molecule has 0 atom stereocenters. The van der Waals surface area contributed by atoms with Crippen LogP contribution in [0.1, 0.15) is 12.8 Å². The molecule has 1 fully saturated rings. The van der Waals surface area contributed by atoms with E-state index < -0.39 is 0 Å². The summed E-state index contributed by atoms with van der Waals surface area (Å²) in [4.78, 5) is 15.4. The second-order valence-electron chi connectivity index (χ2n) is 3.12. The molecule has 1 amide bonds. The number of halogens is 1. The number of pyridine rings is 1. The molecular weight excluding hydrogens is 279 g/mol. The summed E-state index contributed by atoms with van der Waals surface area (Å²) in [5, 5.41) is 2.79. The molecule has 0 aromatic carbocycles. The minimum absolute atomic E-state index is 0.106. The zero-order valence-electron chi connectivity index (χ0n) is 6.96. The normalized spacial score (nSPS) is 15.5. The van der Waals surface area contributed by atoms with Crippen LogP contribution in [0.4, 0.5) is 5.82 Å². The molecule has 1 aromatic rings. The summed E-state index contributed by atoms with van der Waals surface area (Å²) < 4.78 is 1.08. The van der Waals surface area contributed by atoms with Crippen molar-refractivity contribution >= 4 is 34.3 Å². The zero-order valence-corrected chi connectivity index (χ0v) is 9.11. The van der Waals surface area contributed by atoms with Crippen molar-refractivity contribution in [3.8, 4) is 0 Å². The van der Waals surface area contributed by atoms with E-state index in [4.69, 9.17) is 0 Å². The summed E-state index contributed by atoms with van der Waals surface area (Å²) in [6, 6.07) is 3.76. The monoisotopic (exact) mass is 288 g/mol. The lowest BCUT2D eigenvalue weighted by Crippen LogP contribution is -2.14. The van der Waals surface area contributed by atoms with Gasteiger partial charge in [0, 0.05) is 15.7 Å². The van der Waals surface area contributed by atoms with E-state index in [0.717, 1.165) is 16.4 Å². The Balaban J connectivity index is 2.04. The van der Waals surface area contributed by atoms with Crippen molar-refractivity contribution in [2.75, 3.05) is 5.32 Å². The van der Waals surface area contributed by atoms with Crippen molar-refractivity contribution in [2.45, 2.75) is 12.8 Å². The van der Waals surface area contributed by atoms with Crippen molar-refractivity contribution in [1.82, 2.24) is 4.98 Å². The number of nitrogens with one attached hydrogen (secondary N) is 1. The Morgan fingerprint density at radius 2 is 2.38 bits per heavy atom. The van der Waals surface area contributed by atoms with E-state index in [9.17, 15) is 4.79 Å². The van der Waals surface area contributed by atoms with Crippen LogP contribution < -0.4 is 5.32 Å². The first-order valence-electron chi connectivity index (χ1n) is 4.18. The summed E-state index contributed by atoms with van der Waals surface area (Å²) in [7, 11) is 0. The number of nitrogens with zero attached hydrogens (tertiary/aromatic N) is 1. The average Bonchev–Trinajstić information content (AvgIpc) is 2.85. The highest BCUT2D eigenvalue weighted by atomic mass is 127. The van der Waals surface area contributed by atoms with Gasteiger partial charge in [0.2, 0.25) is 5.91 Å². The number of carbonyl (C=O) groups is 1. The first kappa shape index (κ1) is 8.93. The van der Waals surface area contributed by atoms with Gasteiger partial charge in [0.25, 0.3) is 0 Å². The van der Waals surface area contributed by atoms with Crippen LogP contribution in [0.2, 0.25) is 0 Å². The van der Waals surface area contributed by atoms with Crippen molar-refractivity contribution in [2.24, 2.45) is 5.92 Å². The van der Waals surface area contributed by atoms with Crippen LogP contribution in [-0.4, -0.2) is 10.9 Å². The second kappa shape index (κ2) is 3.61. The van der Waals surface area contributed by atoms with Gasteiger partial charge in [-0.25, -0.2) is 4.98 Å². The van der Waals surface area contributed by atoms with Crippen LogP contribution in [0.25, 0.3) is 0 Å². The van der Waals surface area contributed by atoms with Crippen LogP contribution in [0.3, 0.4) is 0 Å². The van der Waals surface area contributed by atoms with Gasteiger partial charge in [-0.2, -0.15) is 0 Å². The number of anilines is 1. The summed E-state index contributed by atoms with van der Waals surface area (Å²) in [6.45, 7) is 0. The molecule has 1 N–H and O–H groups in total. The quantitative estimate of drug-likeness (QED) is 0.846. The summed E-state index contributed by atoms with van der Waals surface area (Å²) in [6.07, 6.45) is 3.75. The molecule has 1 aromatic heterocycles. The number of hydrogen-bond donors (Lipinski definition) is 1.